The molecule has 3 aromatic heterocycles. The summed E-state index contributed by atoms with van der Waals surface area (Å²) in [7, 11) is 1.65. The van der Waals surface area contributed by atoms with Crippen LogP contribution < -0.4 is 10.9 Å². The number of carboxylic acids is 1. The third-order valence-electron chi connectivity index (χ3n) is 4.21. The molecular weight excluding hydrogens is 334 g/mol. The predicted octanol–water partition coefficient (Wildman–Crippen LogP) is 2.29. The summed E-state index contributed by atoms with van der Waals surface area (Å²) < 4.78 is 3.03. The standard InChI is InChI=1S/C18H15N5O3/c1-10-13-6-7-15(24)23(12-4-3-5-12)16(13)21-18(19-10)20-11-8-14(17(25)26)22(2)9-11/h3-9H,1-2H3,(H,25,26)(H,19,20,21). The van der Waals surface area contributed by atoms with Crippen molar-refractivity contribution in [2.45, 2.75) is 6.92 Å². The van der Waals surface area contributed by atoms with E-state index in [9.17, 15) is 9.59 Å². The first-order chi connectivity index (χ1) is 12.4. The van der Waals surface area contributed by atoms with Crippen LogP contribution in [0.25, 0.3) is 16.7 Å². The summed E-state index contributed by atoms with van der Waals surface area (Å²) in [5, 5.41) is 13.0. The molecule has 0 aliphatic heterocycles. The molecule has 0 atom stereocenters. The third-order valence-corrected chi connectivity index (χ3v) is 4.21. The lowest BCUT2D eigenvalue weighted by molar-refractivity contribution is 0.0686. The highest BCUT2D eigenvalue weighted by atomic mass is 16.4. The number of hydrogen-bond acceptors (Lipinski definition) is 5. The normalized spacial score (nSPS) is 12.8. The van der Waals surface area contributed by atoms with E-state index in [2.05, 4.69) is 15.3 Å². The number of nitrogens with zero attached hydrogens (tertiary/aromatic N) is 4. The highest BCUT2D eigenvalue weighted by molar-refractivity contribution is 5.88. The van der Waals surface area contributed by atoms with Crippen LogP contribution in [0.5, 0.6) is 0 Å². The zero-order valence-electron chi connectivity index (χ0n) is 14.1. The molecule has 0 fully saturated rings. The first-order valence-corrected chi connectivity index (χ1v) is 7.90. The summed E-state index contributed by atoms with van der Waals surface area (Å²) in [4.78, 5) is 32.4. The third kappa shape index (κ3) is 2.48. The summed E-state index contributed by atoms with van der Waals surface area (Å²) in [5.74, 6) is -0.727. The first kappa shape index (κ1) is 15.8. The number of anilines is 2. The van der Waals surface area contributed by atoms with Gasteiger partial charge in [0, 0.05) is 24.7 Å². The van der Waals surface area contributed by atoms with Gasteiger partial charge in [-0.1, -0.05) is 6.08 Å². The number of fused-ring (bicyclic) bond motifs is 1. The number of aromatic carboxylic acids is 1. The Bertz CT molecular complexity index is 1180. The number of hydrogen-bond donors (Lipinski definition) is 2. The van der Waals surface area contributed by atoms with Crippen LogP contribution in [-0.2, 0) is 7.05 Å². The molecule has 8 heteroatoms. The molecule has 26 heavy (non-hydrogen) atoms. The van der Waals surface area contributed by atoms with E-state index in [1.54, 1.807) is 19.3 Å². The maximum atomic E-state index is 12.3. The lowest BCUT2D eigenvalue weighted by Gasteiger charge is -2.15. The van der Waals surface area contributed by atoms with Crippen molar-refractivity contribution < 1.29 is 9.90 Å². The van der Waals surface area contributed by atoms with Gasteiger partial charge in [0.25, 0.3) is 5.56 Å². The van der Waals surface area contributed by atoms with Crippen molar-refractivity contribution in [2.75, 3.05) is 5.32 Å². The lowest BCUT2D eigenvalue weighted by Crippen LogP contribution is -2.20. The quantitative estimate of drug-likeness (QED) is 0.749. The predicted molar refractivity (Wildman–Crippen MR) is 97.6 cm³/mol. The molecule has 0 aromatic carbocycles. The molecule has 0 amide bonds. The second-order valence-electron chi connectivity index (χ2n) is 5.98. The van der Waals surface area contributed by atoms with E-state index in [0.29, 0.717) is 23.0 Å². The highest BCUT2D eigenvalue weighted by Crippen LogP contribution is 2.23. The number of carbonyl (C=O) groups is 1. The molecule has 130 valence electrons. The maximum absolute atomic E-state index is 12.3. The Morgan fingerprint density at radius 3 is 2.65 bits per heavy atom. The fourth-order valence-electron chi connectivity index (χ4n) is 2.88. The highest BCUT2D eigenvalue weighted by Gasteiger charge is 2.15. The van der Waals surface area contributed by atoms with E-state index in [-0.39, 0.29) is 11.3 Å². The van der Waals surface area contributed by atoms with Crippen molar-refractivity contribution in [3.63, 3.8) is 0 Å². The Morgan fingerprint density at radius 2 is 2.04 bits per heavy atom. The lowest BCUT2D eigenvalue weighted by atomic mass is 10.2. The number of carboxylic acid groups (broad SMARTS) is 1. The van der Waals surface area contributed by atoms with Gasteiger partial charge in [-0.15, -0.1) is 0 Å². The number of nitrogens with one attached hydrogen (secondary N) is 1. The molecule has 1 aliphatic rings. The van der Waals surface area contributed by atoms with Crippen molar-refractivity contribution in [3.8, 4) is 0 Å². The van der Waals surface area contributed by atoms with Crippen LogP contribution in [0.4, 0.5) is 11.6 Å². The van der Waals surface area contributed by atoms with Gasteiger partial charge in [-0.25, -0.2) is 9.78 Å². The Labute approximate surface area is 147 Å². The van der Waals surface area contributed by atoms with Crippen molar-refractivity contribution >= 4 is 34.3 Å². The topological polar surface area (TPSA) is 102 Å². The molecule has 3 aromatic rings. The van der Waals surface area contributed by atoms with Crippen molar-refractivity contribution in [2.24, 2.45) is 7.05 Å². The number of aromatic nitrogens is 4. The number of pyridine rings is 1. The van der Waals surface area contributed by atoms with Crippen LogP contribution in [0.1, 0.15) is 16.2 Å². The van der Waals surface area contributed by atoms with E-state index >= 15 is 0 Å². The van der Waals surface area contributed by atoms with Crippen LogP contribution in [0, 0.1) is 6.92 Å². The van der Waals surface area contributed by atoms with Gasteiger partial charge in [0.1, 0.15) is 5.69 Å². The van der Waals surface area contributed by atoms with Crippen LogP contribution in [0.15, 0.2) is 47.4 Å². The number of allylic oxidation sites excluding steroid dienone is 4. The summed E-state index contributed by atoms with van der Waals surface area (Å²) >= 11 is 0. The van der Waals surface area contributed by atoms with Gasteiger partial charge in [-0.2, -0.15) is 4.98 Å². The van der Waals surface area contributed by atoms with Gasteiger partial charge in [-0.3, -0.25) is 9.36 Å². The number of rotatable bonds is 4. The van der Waals surface area contributed by atoms with Crippen LogP contribution >= 0.6 is 0 Å². The van der Waals surface area contributed by atoms with E-state index in [4.69, 9.17) is 5.11 Å². The maximum Gasteiger partial charge on any atom is 0.352 e. The largest absolute Gasteiger partial charge is 0.477 e. The molecule has 0 spiro atoms. The molecule has 0 radical (unpaired) electrons. The molecule has 0 unspecified atom stereocenters. The van der Waals surface area contributed by atoms with Crippen molar-refractivity contribution in [1.29, 1.82) is 0 Å². The molecule has 3 heterocycles. The average molecular weight is 349 g/mol. The average Bonchev–Trinajstić information content (AvgIpc) is 2.89. The minimum Gasteiger partial charge on any atom is -0.477 e. The Kier molecular flexibility index (Phi) is 3.47. The van der Waals surface area contributed by atoms with Gasteiger partial charge < -0.3 is 15.0 Å². The van der Waals surface area contributed by atoms with E-state index < -0.39 is 5.97 Å². The summed E-state index contributed by atoms with van der Waals surface area (Å²) in [5.41, 5.74) is 2.49. The fraction of sp³-hybridized carbons (Fsp3) is 0.111. The molecule has 2 N–H and O–H groups in total. The van der Waals surface area contributed by atoms with Gasteiger partial charge in [0.2, 0.25) is 5.95 Å². The monoisotopic (exact) mass is 349 g/mol. The second kappa shape index (κ2) is 5.69. The Balaban J connectivity index is 1.83. The molecule has 0 saturated heterocycles. The molecule has 1 aliphatic carbocycles. The zero-order chi connectivity index (χ0) is 18.4. The molecular formula is C18H15N5O3. The van der Waals surface area contributed by atoms with Crippen LogP contribution in [-0.4, -0.2) is 30.2 Å². The van der Waals surface area contributed by atoms with Gasteiger partial charge >= 0.3 is 5.97 Å². The Morgan fingerprint density at radius 1 is 1.27 bits per heavy atom. The van der Waals surface area contributed by atoms with E-state index in [1.165, 1.54) is 21.3 Å². The number of aryl methyl sites for hydroxylation is 2. The van der Waals surface area contributed by atoms with Crippen molar-refractivity contribution in [1.82, 2.24) is 19.1 Å². The summed E-state index contributed by atoms with van der Waals surface area (Å²) in [6, 6.07) is 4.71. The molecule has 8 nitrogen and oxygen atoms in total. The summed E-state index contributed by atoms with van der Waals surface area (Å²) in [6.07, 6.45) is 7.16. The first-order valence-electron chi connectivity index (χ1n) is 7.90. The van der Waals surface area contributed by atoms with Crippen LogP contribution in [0.3, 0.4) is 0 Å². The van der Waals surface area contributed by atoms with Crippen LogP contribution in [0.2, 0.25) is 0 Å². The Hall–Kier alpha value is -3.68. The minimum absolute atomic E-state index is 0.145. The minimum atomic E-state index is -1.02. The van der Waals surface area contributed by atoms with Gasteiger partial charge in [0.05, 0.1) is 17.1 Å². The summed E-state index contributed by atoms with van der Waals surface area (Å²) in [6.45, 7) is 1.84. The fourth-order valence-corrected chi connectivity index (χ4v) is 2.88. The second-order valence-corrected chi connectivity index (χ2v) is 5.98. The van der Waals surface area contributed by atoms with E-state index in [0.717, 1.165) is 11.1 Å². The molecule has 0 bridgehead atoms. The van der Waals surface area contributed by atoms with Gasteiger partial charge in [0.15, 0.2) is 5.65 Å². The molecule has 4 rings (SSSR count). The smallest absolute Gasteiger partial charge is 0.352 e. The van der Waals surface area contributed by atoms with E-state index in [1.807, 2.05) is 25.2 Å². The zero-order valence-corrected chi connectivity index (χ0v) is 14.1. The van der Waals surface area contributed by atoms with Crippen molar-refractivity contribution in [3.05, 3.63) is 64.4 Å². The molecule has 0 saturated carbocycles. The van der Waals surface area contributed by atoms with Gasteiger partial charge in [-0.05, 0) is 31.2 Å². The SMILES string of the molecule is Cc1nc(Nc2cc(C(=O)O)n(C)c2)nc2c1ccc(=O)n2C1=CC=C1.